The van der Waals surface area contributed by atoms with Gasteiger partial charge in [0.2, 0.25) is 0 Å². The number of ether oxygens (including phenoxy) is 3. The fraction of sp³-hybridized carbons (Fsp3) is 0.393. The Balaban J connectivity index is 1.31. The van der Waals surface area contributed by atoms with Gasteiger partial charge in [0.15, 0.2) is 5.60 Å². The Kier molecular flexibility index (Phi) is 8.03. The third kappa shape index (κ3) is 6.71. The lowest BCUT2D eigenvalue weighted by molar-refractivity contribution is -0.222. The van der Waals surface area contributed by atoms with Gasteiger partial charge < -0.3 is 23.9 Å². The van der Waals surface area contributed by atoms with Gasteiger partial charge in [-0.2, -0.15) is 26.3 Å². The number of piperidine rings is 1. The zero-order valence-corrected chi connectivity index (χ0v) is 22.2. The van der Waals surface area contributed by atoms with E-state index in [0.717, 1.165) is 42.5 Å². The molecule has 0 N–H and O–H groups in total. The molecular weight excluding hydrogens is 590 g/mol. The van der Waals surface area contributed by atoms with Crippen LogP contribution in [-0.2, 0) is 36.3 Å². The Hall–Kier alpha value is -4.27. The van der Waals surface area contributed by atoms with E-state index in [1.54, 1.807) is 0 Å². The summed E-state index contributed by atoms with van der Waals surface area (Å²) in [5, 5.41) is 0.575. The number of carbonyl (C=O) groups excluding carboxylic acids is 3. The van der Waals surface area contributed by atoms with Crippen molar-refractivity contribution in [1.82, 2.24) is 9.96 Å². The Morgan fingerprint density at radius 2 is 1.51 bits per heavy atom. The van der Waals surface area contributed by atoms with Crippen LogP contribution in [0.25, 0.3) is 0 Å². The maximum absolute atomic E-state index is 13.4. The van der Waals surface area contributed by atoms with Crippen molar-refractivity contribution in [3.05, 3.63) is 77.4 Å². The molecule has 2 unspecified atom stereocenters. The molecule has 3 heterocycles. The molecule has 2 aromatic rings. The van der Waals surface area contributed by atoms with E-state index in [-0.39, 0.29) is 50.2 Å². The second-order valence-corrected chi connectivity index (χ2v) is 10.2. The highest BCUT2D eigenvalue weighted by molar-refractivity contribution is 5.93. The smallest absolute Gasteiger partial charge is 0.447 e. The minimum atomic E-state index is -4.65. The first kappa shape index (κ1) is 30.2. The maximum atomic E-state index is 13.4. The summed E-state index contributed by atoms with van der Waals surface area (Å²) in [7, 11) is 0. The van der Waals surface area contributed by atoms with Gasteiger partial charge in [-0.15, -0.1) is 0 Å². The van der Waals surface area contributed by atoms with Crippen molar-refractivity contribution in [2.24, 2.45) is 0 Å². The highest BCUT2D eigenvalue weighted by atomic mass is 19.4. The van der Waals surface area contributed by atoms with E-state index >= 15 is 0 Å². The van der Waals surface area contributed by atoms with Crippen LogP contribution in [0, 0.1) is 0 Å². The molecule has 15 heteroatoms. The second kappa shape index (κ2) is 11.4. The molecule has 0 aliphatic carbocycles. The molecule has 230 valence electrons. The molecule has 5 rings (SSSR count). The highest BCUT2D eigenvalue weighted by Crippen LogP contribution is 2.41. The minimum absolute atomic E-state index is 0.0945. The van der Waals surface area contributed by atoms with Crippen molar-refractivity contribution in [2.75, 3.05) is 19.6 Å². The number of hydrogen-bond acceptors (Lipinski definition) is 8. The zero-order chi connectivity index (χ0) is 31.0. The van der Waals surface area contributed by atoms with Crippen LogP contribution >= 0.6 is 0 Å². The van der Waals surface area contributed by atoms with Crippen molar-refractivity contribution >= 4 is 18.0 Å². The van der Waals surface area contributed by atoms with Crippen LogP contribution in [-0.4, -0.2) is 59.5 Å². The molecule has 0 bridgehead atoms. The first-order valence-corrected chi connectivity index (χ1v) is 13.1. The van der Waals surface area contributed by atoms with Crippen LogP contribution in [0.4, 0.5) is 31.1 Å². The molecule has 1 amide bonds. The first-order chi connectivity index (χ1) is 20.2. The van der Waals surface area contributed by atoms with Gasteiger partial charge in [0.1, 0.15) is 11.9 Å². The minimum Gasteiger partial charge on any atom is -0.486 e. The topological polar surface area (TPSA) is 94.6 Å². The molecule has 2 saturated heterocycles. The van der Waals surface area contributed by atoms with Crippen LogP contribution in [0.3, 0.4) is 0 Å². The molecule has 0 radical (unpaired) electrons. The van der Waals surface area contributed by atoms with E-state index in [2.05, 4.69) is 0 Å². The summed E-state index contributed by atoms with van der Waals surface area (Å²) in [4.78, 5) is 43.2. The zero-order valence-electron chi connectivity index (χ0n) is 22.2. The molecule has 3 aliphatic rings. The summed E-state index contributed by atoms with van der Waals surface area (Å²) >= 11 is 0. The van der Waals surface area contributed by atoms with Crippen molar-refractivity contribution in [2.45, 2.75) is 49.5 Å². The summed E-state index contributed by atoms with van der Waals surface area (Å²) in [6.07, 6.45) is -10.6. The number of carbonyl (C=O) groups is 3. The summed E-state index contributed by atoms with van der Waals surface area (Å²) in [6, 6.07) is 8.46. The normalized spacial score (nSPS) is 22.1. The molecule has 0 saturated carbocycles. The predicted molar refractivity (Wildman–Crippen MR) is 133 cm³/mol. The summed E-state index contributed by atoms with van der Waals surface area (Å²) in [6.45, 7) is 0.797. The third-order valence-electron chi connectivity index (χ3n) is 7.34. The highest BCUT2D eigenvalue weighted by Gasteiger charge is 2.59. The number of nitrogens with zero attached hydrogens (tertiary/aromatic N) is 2. The van der Waals surface area contributed by atoms with Crippen molar-refractivity contribution in [1.29, 1.82) is 0 Å². The van der Waals surface area contributed by atoms with Gasteiger partial charge in [-0.3, -0.25) is 0 Å². The molecule has 2 aromatic carbocycles. The molecule has 0 aromatic heterocycles. The van der Waals surface area contributed by atoms with E-state index in [0.29, 0.717) is 5.06 Å². The molecular formula is C28H24F6N2O7. The largest absolute Gasteiger partial charge is 0.486 e. The van der Waals surface area contributed by atoms with E-state index in [1.165, 1.54) is 18.2 Å². The average Bonchev–Trinajstić information content (AvgIpc) is 3.18. The Labute approximate surface area is 240 Å². The van der Waals surface area contributed by atoms with E-state index < -0.39 is 59.4 Å². The van der Waals surface area contributed by atoms with Gasteiger partial charge in [-0.25, -0.2) is 14.4 Å². The number of halogens is 6. The third-order valence-corrected chi connectivity index (χ3v) is 7.34. The van der Waals surface area contributed by atoms with E-state index in [4.69, 9.17) is 19.0 Å². The van der Waals surface area contributed by atoms with Gasteiger partial charge in [0.05, 0.1) is 11.1 Å². The lowest BCUT2D eigenvalue weighted by Gasteiger charge is -2.40. The van der Waals surface area contributed by atoms with E-state index in [9.17, 15) is 40.7 Å². The average molecular weight is 614 g/mol. The van der Waals surface area contributed by atoms with Gasteiger partial charge in [-0.05, 0) is 35.9 Å². The lowest BCUT2D eigenvalue weighted by atomic mass is 9.89. The van der Waals surface area contributed by atoms with Crippen molar-refractivity contribution < 1.29 is 59.8 Å². The van der Waals surface area contributed by atoms with Crippen molar-refractivity contribution in [3.8, 4) is 5.75 Å². The number of amides is 1. The standard InChI is InChI=1S/C28H24F6N2O7/c29-27(30,31)18-4-1-3-17(15-18)21(40-20-6-2-5-19(16-20)28(32,33)34)9-12-35-13-10-26(11-14-35)24-36(25(39)42-26)43-23(38)8-7-22(37)41-24/h1-8,15-16,21,24H,9-14H2/b8-7+. The molecule has 3 aliphatic heterocycles. The quantitative estimate of drug-likeness (QED) is 0.315. The monoisotopic (exact) mass is 614 g/mol. The molecule has 43 heavy (non-hydrogen) atoms. The number of rotatable bonds is 6. The van der Waals surface area contributed by atoms with Crippen LogP contribution < -0.4 is 4.74 Å². The lowest BCUT2D eigenvalue weighted by Crippen LogP contribution is -2.54. The van der Waals surface area contributed by atoms with Gasteiger partial charge in [0, 0.05) is 51.0 Å². The number of hydrogen-bond donors (Lipinski definition) is 0. The fourth-order valence-electron chi connectivity index (χ4n) is 5.15. The predicted octanol–water partition coefficient (Wildman–Crippen LogP) is 5.42. The molecule has 9 nitrogen and oxygen atoms in total. The number of benzene rings is 2. The van der Waals surface area contributed by atoms with Crippen LogP contribution in [0.1, 0.15) is 42.1 Å². The van der Waals surface area contributed by atoms with Gasteiger partial charge >= 0.3 is 30.4 Å². The Morgan fingerprint density at radius 1 is 0.884 bits per heavy atom. The molecule has 2 fully saturated rings. The van der Waals surface area contributed by atoms with Crippen LogP contribution in [0.15, 0.2) is 60.7 Å². The Morgan fingerprint density at radius 3 is 2.19 bits per heavy atom. The number of likely N-dealkylation sites (tertiary alicyclic amines) is 1. The fourth-order valence-corrected chi connectivity index (χ4v) is 5.15. The van der Waals surface area contributed by atoms with Crippen LogP contribution in [0.2, 0.25) is 0 Å². The Bertz CT molecular complexity index is 1420. The number of esters is 1. The first-order valence-electron chi connectivity index (χ1n) is 13.1. The summed E-state index contributed by atoms with van der Waals surface area (Å²) in [5.41, 5.74) is -3.09. The summed E-state index contributed by atoms with van der Waals surface area (Å²) in [5.74, 6) is -2.00. The van der Waals surface area contributed by atoms with Gasteiger partial charge in [0.25, 0.3) is 6.23 Å². The SMILES string of the molecule is O=C1/C=C/C(=O)ON2C(=O)OC3(CCN(CCC(Oc4cccc(C(F)(F)F)c4)c4cccc(C(F)(F)F)c4)CC3)C2O1. The number of hydroxylamine groups is 2. The van der Waals surface area contributed by atoms with Crippen LogP contribution in [0.5, 0.6) is 5.75 Å². The summed E-state index contributed by atoms with van der Waals surface area (Å²) < 4.78 is 96.7. The van der Waals surface area contributed by atoms with E-state index in [1.807, 2.05) is 4.90 Å². The number of fused-ring (bicyclic) bond motifs is 2. The van der Waals surface area contributed by atoms with Gasteiger partial charge in [-0.1, -0.05) is 23.3 Å². The second-order valence-electron chi connectivity index (χ2n) is 10.2. The molecule has 2 atom stereocenters. The number of alkyl halides is 6. The maximum Gasteiger partial charge on any atom is 0.447 e. The van der Waals surface area contributed by atoms with Crippen molar-refractivity contribution in [3.63, 3.8) is 0 Å². The molecule has 1 spiro atoms.